The molecular weight excluding hydrogens is 314 g/mol. The van der Waals surface area contributed by atoms with Crippen LogP contribution in [0.4, 0.5) is 17.6 Å². The molecular formula is C9H8ClF4NO3S. The van der Waals surface area contributed by atoms with Gasteiger partial charge in [0.05, 0.1) is 0 Å². The third-order valence-electron chi connectivity index (χ3n) is 2.03. The fourth-order valence-corrected chi connectivity index (χ4v) is 2.33. The minimum absolute atomic E-state index is 0.0632. The Kier molecular flexibility index (Phi) is 4.77. The number of nitrogens with one attached hydrogen (secondary N) is 1. The van der Waals surface area contributed by atoms with Gasteiger partial charge >= 0.3 is 6.18 Å². The summed E-state index contributed by atoms with van der Waals surface area (Å²) in [5, 5.41) is 8.58. The quantitative estimate of drug-likeness (QED) is 0.829. The SMILES string of the molecule is O=S(=O)(NCC(O)C(F)(F)F)c1ccc(Cl)cc1F. The zero-order chi connectivity index (χ0) is 14.8. The van der Waals surface area contributed by atoms with E-state index in [1.165, 1.54) is 4.72 Å². The van der Waals surface area contributed by atoms with Gasteiger partial charge in [0.2, 0.25) is 10.0 Å². The maximum absolute atomic E-state index is 13.3. The Hall–Kier alpha value is -0.900. The molecule has 1 atom stereocenters. The fraction of sp³-hybridized carbons (Fsp3) is 0.333. The summed E-state index contributed by atoms with van der Waals surface area (Å²) in [6.07, 6.45) is -7.85. The number of halogens is 5. The standard InChI is InChI=1S/C9H8ClF4NO3S/c10-5-1-2-7(6(11)3-5)19(17,18)15-4-8(16)9(12,13)14/h1-3,8,15-16H,4H2. The summed E-state index contributed by atoms with van der Waals surface area (Å²) in [7, 11) is -4.51. The zero-order valence-electron chi connectivity index (χ0n) is 9.08. The summed E-state index contributed by atoms with van der Waals surface area (Å²) in [5.74, 6) is -1.21. The number of aliphatic hydroxyl groups excluding tert-OH is 1. The molecule has 1 aromatic rings. The second-order valence-electron chi connectivity index (χ2n) is 3.48. The Labute approximate surface area is 111 Å². The highest BCUT2D eigenvalue weighted by molar-refractivity contribution is 7.89. The molecule has 10 heteroatoms. The summed E-state index contributed by atoms with van der Waals surface area (Å²) in [4.78, 5) is -0.855. The minimum Gasteiger partial charge on any atom is -0.382 e. The highest BCUT2D eigenvalue weighted by atomic mass is 35.5. The number of alkyl halides is 3. The van der Waals surface area contributed by atoms with Gasteiger partial charge in [0.25, 0.3) is 0 Å². The Balaban J connectivity index is 2.88. The van der Waals surface area contributed by atoms with Crippen molar-refractivity contribution in [3.8, 4) is 0 Å². The molecule has 0 bridgehead atoms. The number of hydrogen-bond donors (Lipinski definition) is 2. The first-order chi connectivity index (χ1) is 8.54. The van der Waals surface area contributed by atoms with Crippen molar-refractivity contribution in [2.45, 2.75) is 17.2 Å². The molecule has 0 aliphatic heterocycles. The predicted molar refractivity (Wildman–Crippen MR) is 58.7 cm³/mol. The molecule has 0 spiro atoms. The maximum Gasteiger partial charge on any atom is 0.415 e. The molecule has 0 heterocycles. The molecule has 108 valence electrons. The van der Waals surface area contributed by atoms with E-state index in [2.05, 4.69) is 0 Å². The van der Waals surface area contributed by atoms with Gasteiger partial charge in [0.1, 0.15) is 10.7 Å². The lowest BCUT2D eigenvalue weighted by Crippen LogP contribution is -2.40. The minimum atomic E-state index is -4.97. The van der Waals surface area contributed by atoms with Crippen LogP contribution < -0.4 is 4.72 Å². The van der Waals surface area contributed by atoms with Gasteiger partial charge in [0, 0.05) is 11.6 Å². The van der Waals surface area contributed by atoms with Crippen molar-refractivity contribution in [2.24, 2.45) is 0 Å². The fourth-order valence-electron chi connectivity index (χ4n) is 1.08. The topological polar surface area (TPSA) is 66.4 Å². The zero-order valence-corrected chi connectivity index (χ0v) is 10.7. The normalized spacial score (nSPS) is 14.4. The molecule has 4 nitrogen and oxygen atoms in total. The third kappa shape index (κ3) is 4.30. The number of sulfonamides is 1. The molecule has 0 fully saturated rings. The summed E-state index contributed by atoms with van der Waals surface area (Å²) < 4.78 is 73.8. The van der Waals surface area contributed by atoms with Crippen molar-refractivity contribution in [1.82, 2.24) is 4.72 Å². The van der Waals surface area contributed by atoms with Gasteiger partial charge < -0.3 is 5.11 Å². The van der Waals surface area contributed by atoms with Crippen LogP contribution in [0, 0.1) is 5.82 Å². The molecule has 0 radical (unpaired) electrons. The van der Waals surface area contributed by atoms with E-state index < -0.39 is 39.6 Å². The van der Waals surface area contributed by atoms with Crippen LogP contribution in [0.25, 0.3) is 0 Å². The maximum atomic E-state index is 13.3. The van der Waals surface area contributed by atoms with Crippen molar-refractivity contribution < 1.29 is 31.1 Å². The average Bonchev–Trinajstić information content (AvgIpc) is 2.24. The van der Waals surface area contributed by atoms with Gasteiger partial charge in [-0.15, -0.1) is 0 Å². The van der Waals surface area contributed by atoms with Gasteiger partial charge in [-0.1, -0.05) is 11.6 Å². The number of aliphatic hydroxyl groups is 1. The lowest BCUT2D eigenvalue weighted by atomic mass is 10.3. The first-order valence-electron chi connectivity index (χ1n) is 4.73. The number of benzene rings is 1. The van der Waals surface area contributed by atoms with Crippen molar-refractivity contribution >= 4 is 21.6 Å². The Morgan fingerprint density at radius 1 is 1.37 bits per heavy atom. The Bertz CT molecular complexity index is 561. The molecule has 1 rings (SSSR count). The average molecular weight is 322 g/mol. The smallest absolute Gasteiger partial charge is 0.382 e. The van der Waals surface area contributed by atoms with Crippen molar-refractivity contribution in [3.05, 3.63) is 29.0 Å². The molecule has 0 aliphatic rings. The van der Waals surface area contributed by atoms with Crippen molar-refractivity contribution in [3.63, 3.8) is 0 Å². The summed E-state index contributed by atoms with van der Waals surface area (Å²) in [5.41, 5.74) is 0. The molecule has 0 aliphatic carbocycles. The first kappa shape index (κ1) is 16.2. The summed E-state index contributed by atoms with van der Waals surface area (Å²) in [6.45, 7) is -1.31. The van der Waals surface area contributed by atoms with Crippen LogP contribution in [0.3, 0.4) is 0 Å². The van der Waals surface area contributed by atoms with Gasteiger partial charge in [-0.05, 0) is 18.2 Å². The lowest BCUT2D eigenvalue weighted by molar-refractivity contribution is -0.200. The molecule has 1 unspecified atom stereocenters. The van der Waals surface area contributed by atoms with Gasteiger partial charge in [-0.3, -0.25) is 0 Å². The van der Waals surface area contributed by atoms with E-state index in [9.17, 15) is 26.0 Å². The highest BCUT2D eigenvalue weighted by Gasteiger charge is 2.38. The highest BCUT2D eigenvalue weighted by Crippen LogP contribution is 2.21. The van der Waals surface area contributed by atoms with Crippen LogP contribution in [-0.2, 0) is 10.0 Å². The molecule has 19 heavy (non-hydrogen) atoms. The Morgan fingerprint density at radius 3 is 2.42 bits per heavy atom. The second-order valence-corrected chi connectivity index (χ2v) is 5.66. The molecule has 0 aromatic heterocycles. The summed E-state index contributed by atoms with van der Waals surface area (Å²) in [6, 6.07) is 2.58. The van der Waals surface area contributed by atoms with Crippen molar-refractivity contribution in [2.75, 3.05) is 6.54 Å². The van der Waals surface area contributed by atoms with Crippen LogP contribution in [0.5, 0.6) is 0 Å². The number of rotatable bonds is 4. The molecule has 0 amide bonds. The van der Waals surface area contributed by atoms with E-state index >= 15 is 0 Å². The van der Waals surface area contributed by atoms with E-state index in [0.29, 0.717) is 6.07 Å². The Morgan fingerprint density at radius 2 is 1.95 bits per heavy atom. The number of hydrogen-bond acceptors (Lipinski definition) is 3. The first-order valence-corrected chi connectivity index (χ1v) is 6.59. The van der Waals surface area contributed by atoms with E-state index in [-0.39, 0.29) is 5.02 Å². The lowest BCUT2D eigenvalue weighted by Gasteiger charge is -2.15. The summed E-state index contributed by atoms with van der Waals surface area (Å²) >= 11 is 5.41. The van der Waals surface area contributed by atoms with Crippen LogP contribution in [0.1, 0.15) is 0 Å². The largest absolute Gasteiger partial charge is 0.415 e. The van der Waals surface area contributed by atoms with Gasteiger partial charge in [0.15, 0.2) is 6.10 Å². The van der Waals surface area contributed by atoms with E-state index in [1.807, 2.05) is 0 Å². The van der Waals surface area contributed by atoms with Gasteiger partial charge in [-0.2, -0.15) is 13.2 Å². The van der Waals surface area contributed by atoms with Crippen LogP contribution in [0.2, 0.25) is 5.02 Å². The second kappa shape index (κ2) is 5.61. The molecule has 0 saturated carbocycles. The molecule has 2 N–H and O–H groups in total. The predicted octanol–water partition coefficient (Wildman–Crippen LogP) is 1.68. The molecule has 0 saturated heterocycles. The van der Waals surface area contributed by atoms with E-state index in [0.717, 1.165) is 12.1 Å². The van der Waals surface area contributed by atoms with E-state index in [4.69, 9.17) is 16.7 Å². The molecule has 1 aromatic carbocycles. The van der Waals surface area contributed by atoms with Crippen LogP contribution in [-0.4, -0.2) is 32.3 Å². The van der Waals surface area contributed by atoms with E-state index in [1.54, 1.807) is 0 Å². The van der Waals surface area contributed by atoms with Crippen LogP contribution in [0.15, 0.2) is 23.1 Å². The van der Waals surface area contributed by atoms with Gasteiger partial charge in [-0.25, -0.2) is 17.5 Å². The van der Waals surface area contributed by atoms with Crippen LogP contribution >= 0.6 is 11.6 Å². The van der Waals surface area contributed by atoms with Crippen molar-refractivity contribution in [1.29, 1.82) is 0 Å². The monoisotopic (exact) mass is 321 g/mol. The third-order valence-corrected chi connectivity index (χ3v) is 3.72.